The first kappa shape index (κ1) is 15.6. The average molecular weight is 315 g/mol. The van der Waals surface area contributed by atoms with Crippen LogP contribution in [0.4, 0.5) is 0 Å². The first-order chi connectivity index (χ1) is 11.6. The second-order valence-electron chi connectivity index (χ2n) is 5.55. The van der Waals surface area contributed by atoms with Crippen LogP contribution in [-0.2, 0) is 4.79 Å². The number of hydrogen-bond donors (Lipinski definition) is 2. The Morgan fingerprint density at radius 2 is 1.67 bits per heavy atom. The largest absolute Gasteiger partial charge is 0.478 e. The van der Waals surface area contributed by atoms with Gasteiger partial charge in [-0.25, -0.2) is 4.79 Å². The summed E-state index contributed by atoms with van der Waals surface area (Å²) in [6.45, 7) is 1.92. The number of dihydropyridines is 1. The fourth-order valence-corrected chi connectivity index (χ4v) is 2.66. The van der Waals surface area contributed by atoms with Gasteiger partial charge in [0.15, 0.2) is 0 Å². The molecular formula is C21H17NO2. The van der Waals surface area contributed by atoms with Gasteiger partial charge in [0.25, 0.3) is 0 Å². The molecule has 24 heavy (non-hydrogen) atoms. The van der Waals surface area contributed by atoms with Gasteiger partial charge >= 0.3 is 5.97 Å². The van der Waals surface area contributed by atoms with Crippen LogP contribution >= 0.6 is 0 Å². The Kier molecular flexibility index (Phi) is 4.49. The van der Waals surface area contributed by atoms with Crippen LogP contribution in [0.1, 0.15) is 18.1 Å². The van der Waals surface area contributed by atoms with Gasteiger partial charge in [-0.2, -0.15) is 0 Å². The van der Waals surface area contributed by atoms with Gasteiger partial charge in [-0.05, 0) is 30.7 Å². The molecule has 2 aromatic rings. The highest BCUT2D eigenvalue weighted by atomic mass is 16.4. The van der Waals surface area contributed by atoms with Crippen molar-refractivity contribution in [2.75, 3.05) is 0 Å². The van der Waals surface area contributed by atoms with Crippen molar-refractivity contribution < 1.29 is 9.90 Å². The van der Waals surface area contributed by atoms with Crippen LogP contribution < -0.4 is 5.32 Å². The molecule has 0 spiro atoms. The van der Waals surface area contributed by atoms with Crippen LogP contribution in [0.2, 0.25) is 0 Å². The van der Waals surface area contributed by atoms with E-state index in [1.54, 1.807) is 0 Å². The summed E-state index contributed by atoms with van der Waals surface area (Å²) >= 11 is 0. The van der Waals surface area contributed by atoms with Gasteiger partial charge in [-0.15, -0.1) is 0 Å². The van der Waals surface area contributed by atoms with Crippen molar-refractivity contribution >= 4 is 11.7 Å². The first-order valence-electron chi connectivity index (χ1n) is 7.70. The molecule has 3 rings (SSSR count). The zero-order chi connectivity index (χ0) is 16.9. The van der Waals surface area contributed by atoms with Crippen molar-refractivity contribution in [2.45, 2.75) is 6.92 Å². The number of aliphatic carboxylic acids is 1. The highest BCUT2D eigenvalue weighted by Crippen LogP contribution is 2.28. The van der Waals surface area contributed by atoms with Gasteiger partial charge in [0.1, 0.15) is 0 Å². The van der Waals surface area contributed by atoms with E-state index in [0.29, 0.717) is 5.70 Å². The Hall–Kier alpha value is -3.25. The lowest BCUT2D eigenvalue weighted by atomic mass is 9.90. The third-order valence-electron chi connectivity index (χ3n) is 3.76. The number of hydrogen-bond acceptors (Lipinski definition) is 2. The van der Waals surface area contributed by atoms with Crippen molar-refractivity contribution in [3.63, 3.8) is 0 Å². The van der Waals surface area contributed by atoms with Crippen LogP contribution in [0.15, 0.2) is 78.0 Å². The normalized spacial score (nSPS) is 16.5. The summed E-state index contributed by atoms with van der Waals surface area (Å²) in [5.74, 6) is 4.75. The van der Waals surface area contributed by atoms with Crippen molar-refractivity contribution in [3.05, 3.63) is 89.1 Å². The summed E-state index contributed by atoms with van der Waals surface area (Å²) in [7, 11) is 0. The van der Waals surface area contributed by atoms with E-state index in [1.807, 2.05) is 73.7 Å². The summed E-state index contributed by atoms with van der Waals surface area (Å²) in [4.78, 5) is 11.9. The molecule has 0 amide bonds. The number of allylic oxidation sites excluding steroid dienone is 2. The maximum atomic E-state index is 11.9. The van der Waals surface area contributed by atoms with E-state index < -0.39 is 11.9 Å². The summed E-state index contributed by atoms with van der Waals surface area (Å²) < 4.78 is 0. The number of benzene rings is 2. The molecular weight excluding hydrogens is 298 g/mol. The summed E-state index contributed by atoms with van der Waals surface area (Å²) in [5, 5.41) is 12.9. The van der Waals surface area contributed by atoms with Crippen LogP contribution in [0.25, 0.3) is 5.70 Å². The first-order valence-corrected chi connectivity index (χ1v) is 7.70. The third kappa shape index (κ3) is 3.39. The van der Waals surface area contributed by atoms with E-state index in [1.165, 1.54) is 0 Å². The standard InChI is InChI=1S/C21H17NO2/c1-15-14-18(13-12-16-8-4-2-5-9-16)19(21(23)24)20(22-15)17-10-6-3-7-11-17/h2-11,14,18,22H,1H3,(H,23,24). The minimum Gasteiger partial charge on any atom is -0.478 e. The number of rotatable bonds is 2. The van der Waals surface area contributed by atoms with Crippen LogP contribution in [0.5, 0.6) is 0 Å². The molecule has 0 aliphatic carbocycles. The number of carbonyl (C=O) groups is 1. The minimum absolute atomic E-state index is 0.273. The van der Waals surface area contributed by atoms with Gasteiger partial charge in [0, 0.05) is 11.3 Å². The van der Waals surface area contributed by atoms with E-state index in [0.717, 1.165) is 16.8 Å². The molecule has 1 atom stereocenters. The third-order valence-corrected chi connectivity index (χ3v) is 3.76. The quantitative estimate of drug-likeness (QED) is 0.832. The van der Waals surface area contributed by atoms with Crippen molar-refractivity contribution in [2.24, 2.45) is 5.92 Å². The lowest BCUT2D eigenvalue weighted by molar-refractivity contribution is -0.132. The lowest BCUT2D eigenvalue weighted by Crippen LogP contribution is -2.25. The van der Waals surface area contributed by atoms with E-state index in [9.17, 15) is 9.90 Å². The Morgan fingerprint density at radius 3 is 2.29 bits per heavy atom. The van der Waals surface area contributed by atoms with Crippen LogP contribution in [-0.4, -0.2) is 11.1 Å². The lowest BCUT2D eigenvalue weighted by Gasteiger charge is -2.23. The van der Waals surface area contributed by atoms with E-state index in [4.69, 9.17) is 0 Å². The minimum atomic E-state index is -0.961. The summed E-state index contributed by atoms with van der Waals surface area (Å²) in [6, 6.07) is 19.0. The zero-order valence-electron chi connectivity index (χ0n) is 13.3. The van der Waals surface area contributed by atoms with Crippen LogP contribution in [0, 0.1) is 17.8 Å². The Bertz CT molecular complexity index is 868. The van der Waals surface area contributed by atoms with Gasteiger partial charge in [-0.3, -0.25) is 0 Å². The molecule has 0 fully saturated rings. The molecule has 1 unspecified atom stereocenters. The summed E-state index contributed by atoms with van der Waals surface area (Å²) in [5.41, 5.74) is 3.49. The Balaban J connectivity index is 2.06. The smallest absolute Gasteiger partial charge is 0.335 e. The van der Waals surface area contributed by atoms with Gasteiger partial charge in [-0.1, -0.05) is 60.4 Å². The zero-order valence-corrected chi connectivity index (χ0v) is 13.3. The van der Waals surface area contributed by atoms with Crippen molar-refractivity contribution in [1.29, 1.82) is 0 Å². The fraction of sp³-hybridized carbons (Fsp3) is 0.0952. The maximum absolute atomic E-state index is 11.9. The van der Waals surface area contributed by atoms with E-state index >= 15 is 0 Å². The topological polar surface area (TPSA) is 49.3 Å². The molecule has 1 aliphatic heterocycles. The molecule has 0 bridgehead atoms. The molecule has 1 heterocycles. The van der Waals surface area contributed by atoms with Crippen LogP contribution in [0.3, 0.4) is 0 Å². The average Bonchev–Trinajstić information content (AvgIpc) is 2.60. The second kappa shape index (κ2) is 6.89. The number of nitrogens with one attached hydrogen (secondary N) is 1. The SMILES string of the molecule is CC1=CC(C#Cc2ccccc2)C(C(=O)O)=C(c2ccccc2)N1. The van der Waals surface area contributed by atoms with E-state index in [-0.39, 0.29) is 5.57 Å². The highest BCUT2D eigenvalue weighted by molar-refractivity contribution is 5.98. The molecule has 118 valence electrons. The predicted octanol–water partition coefficient (Wildman–Crippen LogP) is 3.66. The maximum Gasteiger partial charge on any atom is 0.335 e. The number of carboxylic acid groups (broad SMARTS) is 1. The second-order valence-corrected chi connectivity index (χ2v) is 5.55. The number of carboxylic acids is 1. The molecule has 3 nitrogen and oxygen atoms in total. The fourth-order valence-electron chi connectivity index (χ4n) is 2.66. The van der Waals surface area contributed by atoms with Crippen molar-refractivity contribution in [3.8, 4) is 11.8 Å². The molecule has 2 N–H and O–H groups in total. The summed E-state index contributed by atoms with van der Waals surface area (Å²) in [6.07, 6.45) is 1.85. The highest BCUT2D eigenvalue weighted by Gasteiger charge is 2.26. The Morgan fingerprint density at radius 1 is 1.04 bits per heavy atom. The van der Waals surface area contributed by atoms with Gasteiger partial charge in [0.05, 0.1) is 17.2 Å². The molecule has 0 radical (unpaired) electrons. The molecule has 0 saturated carbocycles. The van der Waals surface area contributed by atoms with Crippen molar-refractivity contribution in [1.82, 2.24) is 5.32 Å². The molecule has 1 aliphatic rings. The predicted molar refractivity (Wildman–Crippen MR) is 94.7 cm³/mol. The molecule has 3 heteroatoms. The van der Waals surface area contributed by atoms with Gasteiger partial charge < -0.3 is 10.4 Å². The van der Waals surface area contributed by atoms with E-state index in [2.05, 4.69) is 17.2 Å². The monoisotopic (exact) mass is 315 g/mol. The molecule has 0 saturated heterocycles. The molecule has 2 aromatic carbocycles. The molecule has 0 aromatic heterocycles. The van der Waals surface area contributed by atoms with Gasteiger partial charge in [0.2, 0.25) is 0 Å². The Labute approximate surface area is 141 Å².